The maximum atomic E-state index is 5.79. The smallest absolute Gasteiger partial charge is 0.123 e. The monoisotopic (exact) mass is 263 g/mol. The lowest BCUT2D eigenvalue weighted by Gasteiger charge is -2.28. The number of nitrogens with one attached hydrogen (secondary N) is 1. The van der Waals surface area contributed by atoms with E-state index in [2.05, 4.69) is 58.1 Å². The highest BCUT2D eigenvalue weighted by Gasteiger charge is 2.24. The SMILES string of the molecule is CCOc1ccc(C)cc1C(C)(C)CCNC(C)C. The van der Waals surface area contributed by atoms with Crippen LogP contribution in [0.5, 0.6) is 5.75 Å². The summed E-state index contributed by atoms with van der Waals surface area (Å²) in [5.41, 5.74) is 2.74. The summed E-state index contributed by atoms with van der Waals surface area (Å²) in [6.45, 7) is 14.9. The molecule has 0 unspecified atom stereocenters. The molecule has 1 N–H and O–H groups in total. The number of hydrogen-bond donors (Lipinski definition) is 1. The van der Waals surface area contributed by atoms with Gasteiger partial charge in [0.1, 0.15) is 5.75 Å². The van der Waals surface area contributed by atoms with E-state index in [9.17, 15) is 0 Å². The van der Waals surface area contributed by atoms with Gasteiger partial charge in [0, 0.05) is 11.6 Å². The Hall–Kier alpha value is -1.02. The van der Waals surface area contributed by atoms with E-state index in [-0.39, 0.29) is 5.41 Å². The predicted molar refractivity (Wildman–Crippen MR) is 83.1 cm³/mol. The van der Waals surface area contributed by atoms with Gasteiger partial charge in [-0.2, -0.15) is 0 Å². The Morgan fingerprint density at radius 1 is 1.26 bits per heavy atom. The van der Waals surface area contributed by atoms with Crippen LogP contribution in [-0.4, -0.2) is 19.2 Å². The molecule has 0 spiro atoms. The van der Waals surface area contributed by atoms with Crippen LogP contribution in [-0.2, 0) is 5.41 Å². The Morgan fingerprint density at radius 3 is 2.53 bits per heavy atom. The van der Waals surface area contributed by atoms with Gasteiger partial charge >= 0.3 is 0 Å². The zero-order valence-corrected chi connectivity index (χ0v) is 13.3. The lowest BCUT2D eigenvalue weighted by molar-refractivity contribution is 0.323. The third kappa shape index (κ3) is 4.87. The topological polar surface area (TPSA) is 21.3 Å². The normalized spacial score (nSPS) is 11.9. The summed E-state index contributed by atoms with van der Waals surface area (Å²) in [6, 6.07) is 7.03. The lowest BCUT2D eigenvalue weighted by atomic mass is 9.80. The molecule has 0 aliphatic heterocycles. The first-order valence-corrected chi connectivity index (χ1v) is 7.34. The fourth-order valence-corrected chi connectivity index (χ4v) is 2.26. The standard InChI is InChI=1S/C17H29NO/c1-7-19-16-9-8-14(4)12-15(16)17(5,6)10-11-18-13(2)3/h8-9,12-13,18H,7,10-11H2,1-6H3. The van der Waals surface area contributed by atoms with Gasteiger partial charge in [0.15, 0.2) is 0 Å². The minimum atomic E-state index is 0.123. The lowest BCUT2D eigenvalue weighted by Crippen LogP contribution is -2.30. The molecule has 1 aromatic carbocycles. The Balaban J connectivity index is 2.88. The molecule has 0 atom stereocenters. The van der Waals surface area contributed by atoms with Gasteiger partial charge in [-0.25, -0.2) is 0 Å². The highest BCUT2D eigenvalue weighted by Crippen LogP contribution is 2.34. The highest BCUT2D eigenvalue weighted by atomic mass is 16.5. The molecular weight excluding hydrogens is 234 g/mol. The number of rotatable bonds is 7. The van der Waals surface area contributed by atoms with Crippen LogP contribution in [0.15, 0.2) is 18.2 Å². The molecule has 0 radical (unpaired) electrons. The molecule has 0 aliphatic carbocycles. The van der Waals surface area contributed by atoms with E-state index in [4.69, 9.17) is 4.74 Å². The van der Waals surface area contributed by atoms with E-state index in [0.29, 0.717) is 6.04 Å². The van der Waals surface area contributed by atoms with Crippen LogP contribution in [0.4, 0.5) is 0 Å². The Morgan fingerprint density at radius 2 is 1.95 bits per heavy atom. The molecule has 2 heteroatoms. The van der Waals surface area contributed by atoms with Crippen molar-refractivity contribution in [1.82, 2.24) is 5.32 Å². The molecule has 0 fully saturated rings. The van der Waals surface area contributed by atoms with Gasteiger partial charge in [-0.05, 0) is 38.3 Å². The second-order valence-electron chi connectivity index (χ2n) is 6.18. The van der Waals surface area contributed by atoms with Crippen molar-refractivity contribution in [3.05, 3.63) is 29.3 Å². The van der Waals surface area contributed by atoms with Crippen LogP contribution >= 0.6 is 0 Å². The first kappa shape index (κ1) is 16.0. The molecule has 0 bridgehead atoms. The molecule has 0 heterocycles. The third-order valence-corrected chi connectivity index (χ3v) is 3.47. The van der Waals surface area contributed by atoms with Crippen molar-refractivity contribution < 1.29 is 4.74 Å². The van der Waals surface area contributed by atoms with Gasteiger partial charge in [0.2, 0.25) is 0 Å². The van der Waals surface area contributed by atoms with Crippen LogP contribution in [0.25, 0.3) is 0 Å². The zero-order valence-electron chi connectivity index (χ0n) is 13.3. The van der Waals surface area contributed by atoms with Crippen molar-refractivity contribution >= 4 is 0 Å². The summed E-state index contributed by atoms with van der Waals surface area (Å²) in [6.07, 6.45) is 1.11. The molecular formula is C17H29NO. The van der Waals surface area contributed by atoms with Gasteiger partial charge in [-0.1, -0.05) is 45.4 Å². The van der Waals surface area contributed by atoms with Crippen LogP contribution in [0.3, 0.4) is 0 Å². The van der Waals surface area contributed by atoms with E-state index < -0.39 is 0 Å². The molecule has 1 rings (SSSR count). The third-order valence-electron chi connectivity index (χ3n) is 3.47. The van der Waals surface area contributed by atoms with Gasteiger partial charge in [-0.3, -0.25) is 0 Å². The molecule has 0 amide bonds. The van der Waals surface area contributed by atoms with Gasteiger partial charge in [0.25, 0.3) is 0 Å². The number of ether oxygens (including phenoxy) is 1. The molecule has 0 saturated carbocycles. The summed E-state index contributed by atoms with van der Waals surface area (Å²) in [7, 11) is 0. The van der Waals surface area contributed by atoms with E-state index in [1.54, 1.807) is 0 Å². The molecule has 108 valence electrons. The average Bonchev–Trinajstić information content (AvgIpc) is 2.31. The minimum absolute atomic E-state index is 0.123. The summed E-state index contributed by atoms with van der Waals surface area (Å²) < 4.78 is 5.79. The number of aryl methyl sites for hydroxylation is 1. The Bertz CT molecular complexity index is 396. The largest absolute Gasteiger partial charge is 0.494 e. The summed E-state index contributed by atoms with van der Waals surface area (Å²) in [4.78, 5) is 0. The first-order chi connectivity index (χ1) is 8.86. The van der Waals surface area contributed by atoms with Crippen molar-refractivity contribution in [2.45, 2.75) is 59.4 Å². The first-order valence-electron chi connectivity index (χ1n) is 7.34. The summed E-state index contributed by atoms with van der Waals surface area (Å²) >= 11 is 0. The maximum Gasteiger partial charge on any atom is 0.123 e. The van der Waals surface area contributed by atoms with Crippen molar-refractivity contribution in [2.75, 3.05) is 13.2 Å². The highest BCUT2D eigenvalue weighted by molar-refractivity contribution is 5.41. The van der Waals surface area contributed by atoms with Gasteiger partial charge in [-0.15, -0.1) is 0 Å². The van der Waals surface area contributed by atoms with Crippen LogP contribution < -0.4 is 10.1 Å². The van der Waals surface area contributed by atoms with Gasteiger partial charge < -0.3 is 10.1 Å². The second kappa shape index (κ2) is 6.95. The van der Waals surface area contributed by atoms with E-state index in [1.165, 1.54) is 11.1 Å². The quantitative estimate of drug-likeness (QED) is 0.801. The van der Waals surface area contributed by atoms with Crippen molar-refractivity contribution in [1.29, 1.82) is 0 Å². The Kier molecular flexibility index (Phi) is 5.86. The number of benzene rings is 1. The zero-order chi connectivity index (χ0) is 14.5. The predicted octanol–water partition coefficient (Wildman–Crippen LogP) is 4.06. The minimum Gasteiger partial charge on any atom is -0.494 e. The molecule has 1 aromatic rings. The molecule has 2 nitrogen and oxygen atoms in total. The maximum absolute atomic E-state index is 5.79. The molecule has 0 saturated heterocycles. The molecule has 0 aromatic heterocycles. The fraction of sp³-hybridized carbons (Fsp3) is 0.647. The average molecular weight is 263 g/mol. The van der Waals surface area contributed by atoms with Crippen molar-refractivity contribution in [3.8, 4) is 5.75 Å². The summed E-state index contributed by atoms with van der Waals surface area (Å²) in [5.74, 6) is 1.03. The van der Waals surface area contributed by atoms with Crippen molar-refractivity contribution in [2.24, 2.45) is 0 Å². The fourth-order valence-electron chi connectivity index (χ4n) is 2.26. The van der Waals surface area contributed by atoms with Crippen molar-refractivity contribution in [3.63, 3.8) is 0 Å². The second-order valence-corrected chi connectivity index (χ2v) is 6.18. The Labute approximate surface area is 118 Å². The molecule has 19 heavy (non-hydrogen) atoms. The van der Waals surface area contributed by atoms with E-state index in [0.717, 1.165) is 25.3 Å². The van der Waals surface area contributed by atoms with Crippen LogP contribution in [0.2, 0.25) is 0 Å². The van der Waals surface area contributed by atoms with E-state index in [1.807, 2.05) is 6.92 Å². The molecule has 0 aliphatic rings. The number of hydrogen-bond acceptors (Lipinski definition) is 2. The van der Waals surface area contributed by atoms with E-state index >= 15 is 0 Å². The van der Waals surface area contributed by atoms with Crippen LogP contribution in [0.1, 0.15) is 52.2 Å². The van der Waals surface area contributed by atoms with Crippen LogP contribution in [0, 0.1) is 6.92 Å². The summed E-state index contributed by atoms with van der Waals surface area (Å²) in [5, 5.41) is 3.50. The van der Waals surface area contributed by atoms with Gasteiger partial charge in [0.05, 0.1) is 6.61 Å².